The van der Waals surface area contributed by atoms with Gasteiger partial charge in [0.05, 0.1) is 16.8 Å². The molecule has 1 atom stereocenters. The molecule has 0 aromatic heterocycles. The van der Waals surface area contributed by atoms with Gasteiger partial charge in [0.1, 0.15) is 18.4 Å². The van der Waals surface area contributed by atoms with E-state index in [2.05, 4.69) is 15.8 Å². The molecule has 8 heteroatoms. The molecule has 3 rings (SSSR count). The van der Waals surface area contributed by atoms with Crippen molar-refractivity contribution in [2.24, 2.45) is 11.0 Å². The third-order valence-electron chi connectivity index (χ3n) is 4.95. The zero-order chi connectivity index (χ0) is 24.5. The zero-order valence-corrected chi connectivity index (χ0v) is 20.3. The van der Waals surface area contributed by atoms with Gasteiger partial charge in [-0.25, -0.2) is 5.43 Å². The Morgan fingerprint density at radius 2 is 1.71 bits per heavy atom. The van der Waals surface area contributed by atoms with Crippen molar-refractivity contribution in [1.29, 1.82) is 0 Å². The predicted octanol–water partition coefficient (Wildman–Crippen LogP) is 5.48. The number of hydrazone groups is 1. The molecule has 0 fully saturated rings. The van der Waals surface area contributed by atoms with E-state index < -0.39 is 17.9 Å². The molecule has 3 aromatic rings. The normalized spacial score (nSPS) is 11.9. The molecule has 2 amide bonds. The van der Waals surface area contributed by atoms with Crippen molar-refractivity contribution in [3.63, 3.8) is 0 Å². The van der Waals surface area contributed by atoms with E-state index in [1.54, 1.807) is 6.07 Å². The molecule has 0 radical (unpaired) electrons. The first kappa shape index (κ1) is 25.3. The number of nitrogens with zero attached hydrogens (tertiary/aromatic N) is 1. The lowest BCUT2D eigenvalue weighted by atomic mass is 10.0. The quantitative estimate of drug-likeness (QED) is 0.303. The monoisotopic (exact) mass is 497 g/mol. The van der Waals surface area contributed by atoms with Crippen molar-refractivity contribution < 1.29 is 14.3 Å². The van der Waals surface area contributed by atoms with Gasteiger partial charge in [-0.3, -0.25) is 9.59 Å². The highest BCUT2D eigenvalue weighted by Crippen LogP contribution is 2.21. The Labute approximate surface area is 208 Å². The summed E-state index contributed by atoms with van der Waals surface area (Å²) < 4.78 is 5.90. The van der Waals surface area contributed by atoms with Gasteiger partial charge in [-0.2, -0.15) is 5.10 Å². The van der Waals surface area contributed by atoms with Gasteiger partial charge in [0, 0.05) is 10.6 Å². The van der Waals surface area contributed by atoms with Gasteiger partial charge in [0.2, 0.25) is 0 Å². The summed E-state index contributed by atoms with van der Waals surface area (Å²) in [6.45, 7) is 4.06. The van der Waals surface area contributed by atoms with Gasteiger partial charge in [-0.1, -0.05) is 79.5 Å². The number of carbonyl (C=O) groups excluding carboxylic acids is 2. The molecule has 3 aromatic carbocycles. The van der Waals surface area contributed by atoms with E-state index in [4.69, 9.17) is 27.9 Å². The fraction of sp³-hybridized carbons (Fsp3) is 0.192. The number of halogens is 2. The van der Waals surface area contributed by atoms with Gasteiger partial charge >= 0.3 is 0 Å². The van der Waals surface area contributed by atoms with Crippen LogP contribution in [0.1, 0.15) is 35.3 Å². The number of nitrogens with one attached hydrogen (secondary N) is 2. The third kappa shape index (κ3) is 7.07. The van der Waals surface area contributed by atoms with Crippen LogP contribution in [0.2, 0.25) is 10.0 Å². The molecule has 0 aliphatic carbocycles. The molecule has 0 aliphatic heterocycles. The minimum Gasteiger partial charge on any atom is -0.488 e. The third-order valence-corrected chi connectivity index (χ3v) is 5.49. The highest BCUT2D eigenvalue weighted by molar-refractivity contribution is 6.36. The second-order valence-corrected chi connectivity index (χ2v) is 8.71. The smallest absolute Gasteiger partial charge is 0.262 e. The molecule has 0 bridgehead atoms. The lowest BCUT2D eigenvalue weighted by Gasteiger charge is -2.20. The summed E-state index contributed by atoms with van der Waals surface area (Å²) in [6.07, 6.45) is 1.51. The molecular formula is C26H25Cl2N3O3. The number of ether oxygens (including phenoxy) is 1. The topological polar surface area (TPSA) is 79.8 Å². The zero-order valence-electron chi connectivity index (χ0n) is 18.8. The number of benzene rings is 3. The van der Waals surface area contributed by atoms with Crippen LogP contribution in [0.4, 0.5) is 0 Å². The second-order valence-electron chi connectivity index (χ2n) is 7.87. The molecule has 0 saturated heterocycles. The molecule has 2 N–H and O–H groups in total. The summed E-state index contributed by atoms with van der Waals surface area (Å²) in [5.74, 6) is -0.478. The first-order valence-corrected chi connectivity index (χ1v) is 11.5. The van der Waals surface area contributed by atoms with E-state index in [0.29, 0.717) is 22.9 Å². The number of hydrogen-bond acceptors (Lipinski definition) is 4. The molecule has 1 unspecified atom stereocenters. The molecule has 176 valence electrons. The van der Waals surface area contributed by atoms with Crippen LogP contribution in [0.15, 0.2) is 77.9 Å². The molecule has 0 aliphatic rings. The minimum absolute atomic E-state index is 0.188. The number of para-hydroxylation sites is 1. The fourth-order valence-corrected chi connectivity index (χ4v) is 3.61. The fourth-order valence-electron chi connectivity index (χ4n) is 3.12. The molecule has 6 nitrogen and oxygen atoms in total. The number of hydrogen-bond donors (Lipinski definition) is 2. The van der Waals surface area contributed by atoms with E-state index in [1.165, 1.54) is 18.3 Å². The van der Waals surface area contributed by atoms with Crippen LogP contribution >= 0.6 is 23.2 Å². The summed E-state index contributed by atoms with van der Waals surface area (Å²) in [4.78, 5) is 25.4. The first-order chi connectivity index (χ1) is 16.3. The molecular weight excluding hydrogens is 473 g/mol. The van der Waals surface area contributed by atoms with Crippen LogP contribution in [0.3, 0.4) is 0 Å². The molecule has 0 spiro atoms. The maximum absolute atomic E-state index is 12.8. The highest BCUT2D eigenvalue weighted by atomic mass is 35.5. The van der Waals surface area contributed by atoms with E-state index in [9.17, 15) is 9.59 Å². The van der Waals surface area contributed by atoms with E-state index >= 15 is 0 Å². The van der Waals surface area contributed by atoms with Crippen LogP contribution in [0, 0.1) is 5.92 Å². The van der Waals surface area contributed by atoms with Crippen LogP contribution in [0.25, 0.3) is 0 Å². The van der Waals surface area contributed by atoms with Crippen LogP contribution in [0.5, 0.6) is 5.75 Å². The summed E-state index contributed by atoms with van der Waals surface area (Å²) >= 11 is 12.0. The maximum Gasteiger partial charge on any atom is 0.262 e. The van der Waals surface area contributed by atoms with E-state index in [0.717, 1.165) is 5.56 Å². The minimum atomic E-state index is -0.819. The Morgan fingerprint density at radius 1 is 1.00 bits per heavy atom. The van der Waals surface area contributed by atoms with Gasteiger partial charge in [-0.15, -0.1) is 0 Å². The summed E-state index contributed by atoms with van der Waals surface area (Å²) in [6, 6.07) is 20.9. The van der Waals surface area contributed by atoms with Crippen LogP contribution in [-0.2, 0) is 11.4 Å². The Bertz CT molecular complexity index is 1170. The van der Waals surface area contributed by atoms with E-state index in [-0.39, 0.29) is 16.5 Å². The van der Waals surface area contributed by atoms with Gasteiger partial charge < -0.3 is 10.1 Å². The molecule has 34 heavy (non-hydrogen) atoms. The highest BCUT2D eigenvalue weighted by Gasteiger charge is 2.25. The lowest BCUT2D eigenvalue weighted by Crippen LogP contribution is -2.48. The Morgan fingerprint density at radius 3 is 2.41 bits per heavy atom. The molecule has 0 heterocycles. The first-order valence-electron chi connectivity index (χ1n) is 10.7. The molecule has 0 saturated carbocycles. The Kier molecular flexibility index (Phi) is 9.08. The predicted molar refractivity (Wildman–Crippen MR) is 136 cm³/mol. The summed E-state index contributed by atoms with van der Waals surface area (Å²) in [5.41, 5.74) is 4.48. The van der Waals surface area contributed by atoms with Crippen LogP contribution < -0.4 is 15.5 Å². The SMILES string of the molecule is CC(C)C(NC(=O)c1ccc(Cl)cc1Cl)C(=O)NN=Cc1ccccc1OCc1ccccc1. The van der Waals surface area contributed by atoms with Crippen molar-refractivity contribution in [3.05, 3.63) is 99.5 Å². The standard InChI is InChI=1S/C26H25Cl2N3O3/c1-17(2)24(30-25(32)21-13-12-20(27)14-22(21)28)26(33)31-29-15-19-10-6-7-11-23(19)34-16-18-8-4-3-5-9-18/h3-15,17,24H,16H2,1-2H3,(H,30,32)(H,31,33). The summed E-state index contributed by atoms with van der Waals surface area (Å²) in [5, 5.41) is 7.41. The Hall–Kier alpha value is -3.35. The van der Waals surface area contributed by atoms with Crippen molar-refractivity contribution in [3.8, 4) is 5.75 Å². The van der Waals surface area contributed by atoms with Gasteiger partial charge in [0.15, 0.2) is 0 Å². The second kappa shape index (κ2) is 12.2. The van der Waals surface area contributed by atoms with Crippen molar-refractivity contribution in [2.75, 3.05) is 0 Å². The average Bonchev–Trinajstić information content (AvgIpc) is 2.82. The van der Waals surface area contributed by atoms with E-state index in [1.807, 2.05) is 68.4 Å². The lowest BCUT2D eigenvalue weighted by molar-refractivity contribution is -0.123. The van der Waals surface area contributed by atoms with Gasteiger partial charge in [-0.05, 0) is 41.8 Å². The van der Waals surface area contributed by atoms with Crippen LogP contribution in [-0.4, -0.2) is 24.1 Å². The number of carbonyl (C=O) groups is 2. The maximum atomic E-state index is 12.8. The van der Waals surface area contributed by atoms with Crippen molar-refractivity contribution >= 4 is 41.2 Å². The summed E-state index contributed by atoms with van der Waals surface area (Å²) in [7, 11) is 0. The average molecular weight is 498 g/mol. The number of amides is 2. The largest absolute Gasteiger partial charge is 0.488 e. The van der Waals surface area contributed by atoms with Crippen molar-refractivity contribution in [2.45, 2.75) is 26.5 Å². The number of rotatable bonds is 9. The van der Waals surface area contributed by atoms with Crippen molar-refractivity contribution in [1.82, 2.24) is 10.7 Å². The van der Waals surface area contributed by atoms with Gasteiger partial charge in [0.25, 0.3) is 11.8 Å². The Balaban J connectivity index is 1.63.